The number of rotatable bonds is 37. The number of carboxylic acids is 1. The molecule has 0 saturated heterocycles. The van der Waals surface area contributed by atoms with E-state index in [1.165, 1.54) is 6.42 Å². The molecule has 0 aromatic carbocycles. The summed E-state index contributed by atoms with van der Waals surface area (Å²) in [5, 5.41) is 8.83. The molecule has 0 aliphatic heterocycles. The summed E-state index contributed by atoms with van der Waals surface area (Å²) in [5.74, 6) is -1.41. The average molecular weight is 797 g/mol. The highest BCUT2D eigenvalue weighted by atomic mass is 16.6. The van der Waals surface area contributed by atoms with Gasteiger partial charge in [0.1, 0.15) is 18.8 Å². The van der Waals surface area contributed by atoms with Crippen LogP contribution in [-0.4, -0.2) is 60.4 Å². The van der Waals surface area contributed by atoms with E-state index in [0.29, 0.717) is 63.9 Å². The molecule has 0 aromatic rings. The van der Waals surface area contributed by atoms with E-state index < -0.39 is 17.0 Å². The molecule has 0 aromatic heterocycles. The molecule has 328 valence electrons. The van der Waals surface area contributed by atoms with E-state index in [-0.39, 0.29) is 61.8 Å². The highest BCUT2D eigenvalue weighted by molar-refractivity contribution is 5.71. The van der Waals surface area contributed by atoms with Crippen molar-refractivity contribution in [3.05, 3.63) is 0 Å². The van der Waals surface area contributed by atoms with Gasteiger partial charge in [-0.05, 0) is 63.7 Å². The fourth-order valence-corrected chi connectivity index (χ4v) is 7.53. The van der Waals surface area contributed by atoms with Crippen LogP contribution in [0.25, 0.3) is 0 Å². The number of aliphatic carboxylic acids is 1. The predicted octanol–water partition coefficient (Wildman–Crippen LogP) is 11.9. The number of unbranched alkanes of at least 4 members (excludes halogenated alkanes) is 13. The number of carbonyl (C=O) groups is 5. The maximum atomic E-state index is 13.3. The highest BCUT2D eigenvalue weighted by Crippen LogP contribution is 2.44. The summed E-state index contributed by atoms with van der Waals surface area (Å²) in [6.45, 7) is 17.2. The summed E-state index contributed by atoms with van der Waals surface area (Å²) in [5.41, 5.74) is -1.91. The van der Waals surface area contributed by atoms with E-state index in [2.05, 4.69) is 34.6 Å². The minimum absolute atomic E-state index is 0.000257. The van der Waals surface area contributed by atoms with Crippen LogP contribution in [-0.2, 0) is 42.9 Å². The molecule has 56 heavy (non-hydrogen) atoms. The van der Waals surface area contributed by atoms with E-state index in [1.54, 1.807) is 0 Å². The van der Waals surface area contributed by atoms with Crippen molar-refractivity contribution in [3.8, 4) is 0 Å². The molecule has 3 atom stereocenters. The molecular formula is C46H84O10. The summed E-state index contributed by atoms with van der Waals surface area (Å²) in [6, 6.07) is 0. The van der Waals surface area contributed by atoms with Crippen molar-refractivity contribution in [3.63, 3.8) is 0 Å². The van der Waals surface area contributed by atoms with E-state index in [4.69, 9.17) is 24.1 Å². The quantitative estimate of drug-likeness (QED) is 0.0366. The predicted molar refractivity (Wildman–Crippen MR) is 223 cm³/mol. The third-order valence-electron chi connectivity index (χ3n) is 12.6. The smallest absolute Gasteiger partial charge is 0.306 e. The second-order valence-corrected chi connectivity index (χ2v) is 16.6. The van der Waals surface area contributed by atoms with Gasteiger partial charge in [0.05, 0.1) is 12.0 Å². The zero-order valence-corrected chi connectivity index (χ0v) is 37.2. The first-order valence-corrected chi connectivity index (χ1v) is 22.6. The van der Waals surface area contributed by atoms with Crippen LogP contribution in [0.2, 0.25) is 0 Å². The Hall–Kier alpha value is -2.65. The maximum Gasteiger partial charge on any atom is 0.306 e. The van der Waals surface area contributed by atoms with Gasteiger partial charge in [-0.1, -0.05) is 132 Å². The van der Waals surface area contributed by atoms with Crippen LogP contribution in [0.15, 0.2) is 0 Å². The Morgan fingerprint density at radius 3 is 1.21 bits per heavy atom. The van der Waals surface area contributed by atoms with E-state index in [0.717, 1.165) is 89.9 Å². The Bertz CT molecular complexity index is 1090. The molecule has 0 spiro atoms. The number of esters is 4. The number of hydrogen-bond acceptors (Lipinski definition) is 9. The van der Waals surface area contributed by atoms with Crippen molar-refractivity contribution >= 4 is 29.8 Å². The normalized spacial score (nSPS) is 14.3. The first-order chi connectivity index (χ1) is 26.7. The summed E-state index contributed by atoms with van der Waals surface area (Å²) >= 11 is 0. The molecular weight excluding hydrogens is 712 g/mol. The van der Waals surface area contributed by atoms with Gasteiger partial charge >= 0.3 is 29.8 Å². The minimum atomic E-state index is -0.990. The molecule has 10 nitrogen and oxygen atoms in total. The van der Waals surface area contributed by atoms with Gasteiger partial charge in [0.15, 0.2) is 0 Å². The zero-order chi connectivity index (χ0) is 42.3. The summed E-state index contributed by atoms with van der Waals surface area (Å²) in [7, 11) is 0. The van der Waals surface area contributed by atoms with Crippen molar-refractivity contribution in [2.45, 2.75) is 228 Å². The van der Waals surface area contributed by atoms with E-state index in [9.17, 15) is 24.0 Å². The van der Waals surface area contributed by atoms with Gasteiger partial charge in [0, 0.05) is 37.5 Å². The Balaban J connectivity index is 5.28. The van der Waals surface area contributed by atoms with Gasteiger partial charge in [-0.25, -0.2) is 0 Å². The standard InChI is InChI=1S/C46H84O10/c1-9-15-16-17-21-29-34-43(52)56-46(13-5,14-6)45(12-4,36-54-41(50)32-27-22-18-20-25-30-39(47)48)37-55-42(51)33-28-24-19-23-26-31-40(49)53-35-44(8,11-3)38(7)10-2/h38H,9-37H2,1-8H3,(H,47,48). The first-order valence-electron chi connectivity index (χ1n) is 22.6. The van der Waals surface area contributed by atoms with Crippen LogP contribution in [0.1, 0.15) is 222 Å². The molecule has 0 radical (unpaired) electrons. The largest absolute Gasteiger partial charge is 0.481 e. The number of carboxylic acid groups (broad SMARTS) is 1. The molecule has 0 rings (SSSR count). The zero-order valence-electron chi connectivity index (χ0n) is 37.2. The lowest BCUT2D eigenvalue weighted by molar-refractivity contribution is -0.202. The molecule has 0 amide bonds. The SMILES string of the molecule is CCCCCCCCC(=O)OC(CC)(CC)C(CC)(COC(=O)CCCCCCCC(=O)O)COC(=O)CCCCCCCC(=O)OCC(C)(CC)C(C)CC. The van der Waals surface area contributed by atoms with Crippen LogP contribution in [0.3, 0.4) is 0 Å². The van der Waals surface area contributed by atoms with Gasteiger partial charge in [-0.15, -0.1) is 0 Å². The molecule has 1 N–H and O–H groups in total. The third-order valence-corrected chi connectivity index (χ3v) is 12.6. The summed E-state index contributed by atoms with van der Waals surface area (Å²) < 4.78 is 23.8. The van der Waals surface area contributed by atoms with Gasteiger partial charge in [-0.2, -0.15) is 0 Å². The first kappa shape index (κ1) is 53.4. The Morgan fingerprint density at radius 1 is 0.482 bits per heavy atom. The summed E-state index contributed by atoms with van der Waals surface area (Å²) in [6.07, 6.45) is 18.9. The molecule has 10 heteroatoms. The molecule has 0 bridgehead atoms. The number of ether oxygens (including phenoxy) is 4. The topological polar surface area (TPSA) is 142 Å². The second kappa shape index (κ2) is 31.4. The molecule has 0 aliphatic carbocycles. The lowest BCUT2D eigenvalue weighted by Gasteiger charge is -2.48. The fraction of sp³-hybridized carbons (Fsp3) is 0.891. The Kier molecular flexibility index (Phi) is 29.9. The van der Waals surface area contributed by atoms with Gasteiger partial charge < -0.3 is 24.1 Å². The van der Waals surface area contributed by atoms with Gasteiger partial charge in [0.2, 0.25) is 0 Å². The summed E-state index contributed by atoms with van der Waals surface area (Å²) in [4.78, 5) is 62.5. The molecule has 0 heterocycles. The van der Waals surface area contributed by atoms with Crippen LogP contribution < -0.4 is 0 Å². The van der Waals surface area contributed by atoms with Crippen molar-refractivity contribution in [2.75, 3.05) is 19.8 Å². The lowest BCUT2D eigenvalue weighted by atomic mass is 9.67. The monoisotopic (exact) mass is 797 g/mol. The maximum absolute atomic E-state index is 13.3. The minimum Gasteiger partial charge on any atom is -0.481 e. The fourth-order valence-electron chi connectivity index (χ4n) is 7.53. The van der Waals surface area contributed by atoms with Crippen LogP contribution in [0.4, 0.5) is 0 Å². The Morgan fingerprint density at radius 2 is 0.857 bits per heavy atom. The molecule has 0 aliphatic rings. The second-order valence-electron chi connectivity index (χ2n) is 16.6. The average Bonchev–Trinajstić information content (AvgIpc) is 3.19. The molecule has 0 fully saturated rings. The third kappa shape index (κ3) is 21.8. The molecule has 3 unspecified atom stereocenters. The van der Waals surface area contributed by atoms with Crippen LogP contribution in [0.5, 0.6) is 0 Å². The highest BCUT2D eigenvalue weighted by Gasteiger charge is 2.53. The van der Waals surface area contributed by atoms with Crippen LogP contribution >= 0.6 is 0 Å². The van der Waals surface area contributed by atoms with E-state index >= 15 is 0 Å². The van der Waals surface area contributed by atoms with Crippen molar-refractivity contribution in [2.24, 2.45) is 16.7 Å². The Labute approximate surface area is 341 Å². The van der Waals surface area contributed by atoms with Crippen LogP contribution in [0, 0.1) is 16.7 Å². The van der Waals surface area contributed by atoms with E-state index in [1.807, 2.05) is 20.8 Å². The van der Waals surface area contributed by atoms with Gasteiger partial charge in [-0.3, -0.25) is 24.0 Å². The lowest BCUT2D eigenvalue weighted by Crippen LogP contribution is -2.56. The van der Waals surface area contributed by atoms with Crippen molar-refractivity contribution in [1.82, 2.24) is 0 Å². The molecule has 0 saturated carbocycles. The van der Waals surface area contributed by atoms with Gasteiger partial charge in [0.25, 0.3) is 0 Å². The number of hydrogen-bond donors (Lipinski definition) is 1. The van der Waals surface area contributed by atoms with Crippen molar-refractivity contribution < 1.29 is 48.0 Å². The van der Waals surface area contributed by atoms with Crippen molar-refractivity contribution in [1.29, 1.82) is 0 Å². The number of carbonyl (C=O) groups excluding carboxylic acids is 4.